The summed E-state index contributed by atoms with van der Waals surface area (Å²) in [5.74, 6) is -0.729. The highest BCUT2D eigenvalue weighted by Crippen LogP contribution is 2.26. The van der Waals surface area contributed by atoms with Crippen molar-refractivity contribution in [2.45, 2.75) is 58.7 Å². The first-order chi connectivity index (χ1) is 13.4. The number of hydrogen-bond acceptors (Lipinski definition) is 5. The molecule has 0 amide bonds. The molecule has 1 saturated heterocycles. The standard InChI is InChI=1S/C22H29NO5/c1-15-9-11-18(12-10-15)20-23-19(16(2)28-20)8-6-4-5-7-17-13-26-22(3,21(24)25)27-14-17/h9-12,17H,4-8,13-14H2,1-3H3,(H,24,25)/t17-,22+. The molecule has 1 aromatic carbocycles. The number of rotatable bonds is 8. The molecule has 2 aromatic rings. The van der Waals surface area contributed by atoms with Crippen LogP contribution in [-0.2, 0) is 20.7 Å². The van der Waals surface area contributed by atoms with E-state index in [1.807, 2.05) is 19.1 Å². The van der Waals surface area contributed by atoms with E-state index in [0.29, 0.717) is 19.1 Å². The summed E-state index contributed by atoms with van der Waals surface area (Å²) in [7, 11) is 0. The van der Waals surface area contributed by atoms with Crippen LogP contribution in [-0.4, -0.2) is 35.1 Å². The first kappa shape index (κ1) is 20.6. The molecule has 28 heavy (non-hydrogen) atoms. The first-order valence-corrected chi connectivity index (χ1v) is 9.92. The van der Waals surface area contributed by atoms with E-state index < -0.39 is 11.8 Å². The van der Waals surface area contributed by atoms with E-state index in [-0.39, 0.29) is 5.92 Å². The number of unbranched alkanes of at least 4 members (excludes halogenated alkanes) is 2. The van der Waals surface area contributed by atoms with Crippen molar-refractivity contribution in [2.75, 3.05) is 13.2 Å². The fraction of sp³-hybridized carbons (Fsp3) is 0.545. The van der Waals surface area contributed by atoms with Gasteiger partial charge in [-0.05, 0) is 45.2 Å². The summed E-state index contributed by atoms with van der Waals surface area (Å²) in [6.45, 7) is 6.36. The highest BCUT2D eigenvalue weighted by molar-refractivity contribution is 5.75. The van der Waals surface area contributed by atoms with Crippen molar-refractivity contribution in [3.05, 3.63) is 41.3 Å². The molecule has 6 heteroatoms. The van der Waals surface area contributed by atoms with Gasteiger partial charge in [0.2, 0.25) is 5.89 Å². The zero-order chi connectivity index (χ0) is 20.1. The summed E-state index contributed by atoms with van der Waals surface area (Å²) in [5, 5.41) is 9.08. The van der Waals surface area contributed by atoms with E-state index in [0.717, 1.165) is 49.1 Å². The van der Waals surface area contributed by atoms with Gasteiger partial charge in [-0.2, -0.15) is 0 Å². The summed E-state index contributed by atoms with van der Waals surface area (Å²) < 4.78 is 16.6. The number of aromatic nitrogens is 1. The molecular formula is C22H29NO5. The number of oxazole rings is 1. The Labute approximate surface area is 165 Å². The Morgan fingerprint density at radius 1 is 1.14 bits per heavy atom. The second kappa shape index (κ2) is 8.88. The van der Waals surface area contributed by atoms with Crippen molar-refractivity contribution in [2.24, 2.45) is 5.92 Å². The van der Waals surface area contributed by atoms with E-state index in [1.165, 1.54) is 12.5 Å². The van der Waals surface area contributed by atoms with E-state index >= 15 is 0 Å². The highest BCUT2D eigenvalue weighted by Gasteiger charge is 2.40. The second-order valence-corrected chi connectivity index (χ2v) is 7.73. The molecule has 152 valence electrons. The molecule has 0 saturated carbocycles. The van der Waals surface area contributed by atoms with Gasteiger partial charge in [-0.25, -0.2) is 9.78 Å². The third kappa shape index (κ3) is 5.00. The van der Waals surface area contributed by atoms with Crippen LogP contribution in [0.4, 0.5) is 0 Å². The van der Waals surface area contributed by atoms with Crippen molar-refractivity contribution in [1.82, 2.24) is 4.98 Å². The zero-order valence-electron chi connectivity index (χ0n) is 16.9. The summed E-state index contributed by atoms with van der Waals surface area (Å²) in [6, 6.07) is 8.20. The molecule has 0 aliphatic carbocycles. The van der Waals surface area contributed by atoms with Crippen LogP contribution >= 0.6 is 0 Å². The van der Waals surface area contributed by atoms with Crippen LogP contribution in [0.15, 0.2) is 28.7 Å². The Morgan fingerprint density at radius 3 is 2.46 bits per heavy atom. The molecule has 0 bridgehead atoms. The van der Waals surface area contributed by atoms with Gasteiger partial charge in [-0.3, -0.25) is 0 Å². The van der Waals surface area contributed by atoms with Gasteiger partial charge in [0.15, 0.2) is 0 Å². The van der Waals surface area contributed by atoms with Gasteiger partial charge >= 0.3 is 5.97 Å². The van der Waals surface area contributed by atoms with Crippen molar-refractivity contribution in [3.8, 4) is 11.5 Å². The molecule has 1 aromatic heterocycles. The number of carboxylic acid groups (broad SMARTS) is 1. The van der Waals surface area contributed by atoms with Gasteiger partial charge in [0.05, 0.1) is 18.9 Å². The van der Waals surface area contributed by atoms with Crippen LogP contribution < -0.4 is 0 Å². The highest BCUT2D eigenvalue weighted by atomic mass is 16.7. The summed E-state index contributed by atoms with van der Waals surface area (Å²) in [5.41, 5.74) is 3.25. The van der Waals surface area contributed by atoms with Crippen LogP contribution in [0.3, 0.4) is 0 Å². The summed E-state index contributed by atoms with van der Waals surface area (Å²) in [6.07, 6.45) is 5.06. The lowest BCUT2D eigenvalue weighted by atomic mass is 10.0. The van der Waals surface area contributed by atoms with E-state index in [4.69, 9.17) is 19.0 Å². The Morgan fingerprint density at radius 2 is 1.82 bits per heavy atom. The maximum absolute atomic E-state index is 11.1. The fourth-order valence-corrected chi connectivity index (χ4v) is 3.32. The van der Waals surface area contributed by atoms with Crippen molar-refractivity contribution in [3.63, 3.8) is 0 Å². The Bertz CT molecular complexity index is 788. The van der Waals surface area contributed by atoms with Gasteiger partial charge in [0.1, 0.15) is 5.76 Å². The monoisotopic (exact) mass is 387 g/mol. The number of carboxylic acids is 1. The van der Waals surface area contributed by atoms with Gasteiger partial charge in [0.25, 0.3) is 5.79 Å². The van der Waals surface area contributed by atoms with Crippen LogP contribution in [0.2, 0.25) is 0 Å². The predicted molar refractivity (Wildman–Crippen MR) is 105 cm³/mol. The minimum Gasteiger partial charge on any atom is -0.477 e. The molecule has 0 atom stereocenters. The lowest BCUT2D eigenvalue weighted by molar-refractivity contribution is -0.271. The Kier molecular flexibility index (Phi) is 6.52. The van der Waals surface area contributed by atoms with Gasteiger partial charge in [0, 0.05) is 18.4 Å². The van der Waals surface area contributed by atoms with Crippen LogP contribution in [0.25, 0.3) is 11.5 Å². The largest absolute Gasteiger partial charge is 0.477 e. The minimum atomic E-state index is -1.49. The van der Waals surface area contributed by atoms with E-state index in [2.05, 4.69) is 24.0 Å². The molecule has 1 aliphatic rings. The number of carbonyl (C=O) groups is 1. The average Bonchev–Trinajstić information content (AvgIpc) is 3.04. The zero-order valence-corrected chi connectivity index (χ0v) is 16.9. The molecular weight excluding hydrogens is 358 g/mol. The van der Waals surface area contributed by atoms with Crippen molar-refractivity contribution >= 4 is 5.97 Å². The quantitative estimate of drug-likeness (QED) is 0.671. The predicted octanol–water partition coefficient (Wildman–Crippen LogP) is 4.53. The van der Waals surface area contributed by atoms with E-state index in [9.17, 15) is 4.79 Å². The lowest BCUT2D eigenvalue weighted by Gasteiger charge is -2.34. The molecule has 0 unspecified atom stereocenters. The molecule has 2 heterocycles. The summed E-state index contributed by atoms with van der Waals surface area (Å²) >= 11 is 0. The van der Waals surface area contributed by atoms with Crippen LogP contribution in [0.5, 0.6) is 0 Å². The maximum Gasteiger partial charge on any atom is 0.364 e. The maximum atomic E-state index is 11.1. The number of aliphatic carboxylic acids is 1. The first-order valence-electron chi connectivity index (χ1n) is 9.92. The molecule has 6 nitrogen and oxygen atoms in total. The number of ether oxygens (including phenoxy) is 2. The van der Waals surface area contributed by atoms with Gasteiger partial charge in [-0.15, -0.1) is 0 Å². The second-order valence-electron chi connectivity index (χ2n) is 7.73. The molecule has 3 rings (SSSR count). The lowest BCUT2D eigenvalue weighted by Crippen LogP contribution is -2.47. The van der Waals surface area contributed by atoms with Crippen molar-refractivity contribution in [1.29, 1.82) is 0 Å². The van der Waals surface area contributed by atoms with Gasteiger partial charge in [-0.1, -0.05) is 30.5 Å². The smallest absolute Gasteiger partial charge is 0.364 e. The molecule has 1 aliphatic heterocycles. The summed E-state index contributed by atoms with van der Waals surface area (Å²) in [4.78, 5) is 15.8. The van der Waals surface area contributed by atoms with Crippen LogP contribution in [0.1, 0.15) is 49.6 Å². The number of benzene rings is 1. The Hall–Kier alpha value is -2.18. The third-order valence-corrected chi connectivity index (χ3v) is 5.29. The Balaban J connectivity index is 1.39. The van der Waals surface area contributed by atoms with Crippen LogP contribution in [0, 0.1) is 19.8 Å². The SMILES string of the molecule is Cc1ccc(-c2nc(CCCCC[C@H]3CO[C@@](C)(C(=O)O)OC3)c(C)o2)cc1. The fourth-order valence-electron chi connectivity index (χ4n) is 3.32. The number of nitrogens with zero attached hydrogens (tertiary/aromatic N) is 1. The molecule has 1 fully saturated rings. The molecule has 1 N–H and O–H groups in total. The molecule has 0 spiro atoms. The molecule has 0 radical (unpaired) electrons. The number of aryl methyl sites for hydroxylation is 3. The third-order valence-electron chi connectivity index (χ3n) is 5.29. The van der Waals surface area contributed by atoms with E-state index in [1.54, 1.807) is 0 Å². The normalized spacial score (nSPS) is 22.3. The minimum absolute atomic E-state index is 0.259. The van der Waals surface area contributed by atoms with Gasteiger partial charge < -0.3 is 19.0 Å². The average molecular weight is 387 g/mol. The van der Waals surface area contributed by atoms with Crippen molar-refractivity contribution < 1.29 is 23.8 Å². The topological polar surface area (TPSA) is 81.8 Å². The number of hydrogen-bond donors (Lipinski definition) is 1.